The van der Waals surface area contributed by atoms with Crippen LogP contribution in [-0.2, 0) is 24.2 Å². The molecule has 24 heavy (non-hydrogen) atoms. The number of rotatable bonds is 3. The molecule has 0 spiro atoms. The molecule has 6 nitrogen and oxygen atoms in total. The summed E-state index contributed by atoms with van der Waals surface area (Å²) in [5.74, 6) is 1.64. The molecule has 1 amide bonds. The minimum atomic E-state index is -0.410. The number of amides is 1. The lowest BCUT2D eigenvalue weighted by Gasteiger charge is -2.29. The molecule has 1 unspecified atom stereocenters. The number of carbonyl (C=O) groups excluding carboxylic acids is 1. The molecule has 2 aliphatic heterocycles. The molecule has 0 bridgehead atoms. The van der Waals surface area contributed by atoms with Crippen LogP contribution in [0, 0.1) is 0 Å². The smallest absolute Gasteiger partial charge is 0.264 e. The van der Waals surface area contributed by atoms with Crippen LogP contribution in [-0.4, -0.2) is 40.2 Å². The lowest BCUT2D eigenvalue weighted by molar-refractivity contribution is -0.138. The van der Waals surface area contributed by atoms with E-state index >= 15 is 0 Å². The second-order valence-corrected chi connectivity index (χ2v) is 6.16. The Morgan fingerprint density at radius 3 is 3.04 bits per heavy atom. The average Bonchev–Trinajstić information content (AvgIpc) is 3.05. The number of nitrogens with zero attached hydrogens (tertiary/aromatic N) is 3. The molecule has 124 valence electrons. The Morgan fingerprint density at radius 1 is 1.33 bits per heavy atom. The van der Waals surface area contributed by atoms with Crippen molar-refractivity contribution >= 4 is 11.7 Å². The van der Waals surface area contributed by atoms with Gasteiger partial charge in [-0.1, -0.05) is 18.2 Å². The van der Waals surface area contributed by atoms with Crippen molar-refractivity contribution in [1.82, 2.24) is 15.1 Å². The first-order valence-electron chi connectivity index (χ1n) is 8.37. The van der Waals surface area contributed by atoms with Crippen LogP contribution in [0.1, 0.15) is 23.7 Å². The summed E-state index contributed by atoms with van der Waals surface area (Å²) in [6.45, 7) is 4.05. The van der Waals surface area contributed by atoms with Crippen molar-refractivity contribution < 1.29 is 9.53 Å². The predicted molar refractivity (Wildman–Crippen MR) is 89.9 cm³/mol. The van der Waals surface area contributed by atoms with Crippen LogP contribution >= 0.6 is 0 Å². The first kappa shape index (κ1) is 14.9. The first-order valence-corrected chi connectivity index (χ1v) is 8.37. The largest absolute Gasteiger partial charge is 0.480 e. The van der Waals surface area contributed by atoms with Crippen molar-refractivity contribution in [2.24, 2.45) is 0 Å². The van der Waals surface area contributed by atoms with Gasteiger partial charge in [-0.3, -0.25) is 4.79 Å². The highest BCUT2D eigenvalue weighted by atomic mass is 16.5. The van der Waals surface area contributed by atoms with Gasteiger partial charge in [0.25, 0.3) is 5.91 Å². The third-order valence-electron chi connectivity index (χ3n) is 4.53. The van der Waals surface area contributed by atoms with E-state index in [1.807, 2.05) is 42.2 Å². The normalized spacial score (nSPS) is 18.5. The van der Waals surface area contributed by atoms with E-state index in [4.69, 9.17) is 4.74 Å². The van der Waals surface area contributed by atoms with Gasteiger partial charge in [0.15, 0.2) is 6.10 Å². The molecular weight excluding hydrogens is 304 g/mol. The van der Waals surface area contributed by atoms with Gasteiger partial charge < -0.3 is 15.0 Å². The van der Waals surface area contributed by atoms with Gasteiger partial charge in [0, 0.05) is 32.5 Å². The van der Waals surface area contributed by atoms with Crippen molar-refractivity contribution in [3.05, 3.63) is 47.2 Å². The molecule has 0 fully saturated rings. The van der Waals surface area contributed by atoms with Gasteiger partial charge in [-0.2, -0.15) is 5.10 Å². The summed E-state index contributed by atoms with van der Waals surface area (Å²) in [5, 5.41) is 11.6. The van der Waals surface area contributed by atoms with Crippen molar-refractivity contribution in [1.29, 1.82) is 0 Å². The fraction of sp³-hybridized carbons (Fsp3) is 0.389. The van der Waals surface area contributed by atoms with Crippen LogP contribution in [0.2, 0.25) is 0 Å². The minimum Gasteiger partial charge on any atom is -0.480 e. The van der Waals surface area contributed by atoms with E-state index in [0.29, 0.717) is 19.5 Å². The number of benzene rings is 1. The van der Waals surface area contributed by atoms with Crippen molar-refractivity contribution in [2.45, 2.75) is 32.4 Å². The Morgan fingerprint density at radius 2 is 2.21 bits per heavy atom. The van der Waals surface area contributed by atoms with Crippen molar-refractivity contribution in [2.75, 3.05) is 18.4 Å². The summed E-state index contributed by atoms with van der Waals surface area (Å²) >= 11 is 0. The SMILES string of the molecule is CCNc1cc2c(nn1)CCN(C(=O)C1Cc3ccccc3O1)C2. The van der Waals surface area contributed by atoms with E-state index in [-0.39, 0.29) is 5.91 Å². The summed E-state index contributed by atoms with van der Waals surface area (Å²) in [6, 6.07) is 9.85. The fourth-order valence-corrected chi connectivity index (χ4v) is 3.31. The number of nitrogens with one attached hydrogen (secondary N) is 1. The fourth-order valence-electron chi connectivity index (χ4n) is 3.31. The summed E-state index contributed by atoms with van der Waals surface area (Å²) in [7, 11) is 0. The van der Waals surface area contributed by atoms with E-state index in [1.54, 1.807) is 0 Å². The Kier molecular flexibility index (Phi) is 3.80. The molecule has 0 saturated carbocycles. The van der Waals surface area contributed by atoms with E-state index in [1.165, 1.54) is 0 Å². The van der Waals surface area contributed by atoms with Crippen molar-refractivity contribution in [3.8, 4) is 5.75 Å². The number of anilines is 1. The molecule has 2 aromatic rings. The monoisotopic (exact) mass is 324 g/mol. The van der Waals surface area contributed by atoms with Gasteiger partial charge in [0.05, 0.1) is 5.69 Å². The Hall–Kier alpha value is -2.63. The summed E-state index contributed by atoms with van der Waals surface area (Å²) in [5.41, 5.74) is 3.15. The van der Waals surface area contributed by atoms with Crippen LogP contribution in [0.25, 0.3) is 0 Å². The Labute approximate surface area is 140 Å². The maximum atomic E-state index is 12.8. The van der Waals surface area contributed by atoms with E-state index in [0.717, 1.165) is 41.4 Å². The van der Waals surface area contributed by atoms with E-state index < -0.39 is 6.10 Å². The molecule has 2 aliphatic rings. The van der Waals surface area contributed by atoms with Crippen LogP contribution < -0.4 is 10.1 Å². The number of carbonyl (C=O) groups is 1. The van der Waals surface area contributed by atoms with Gasteiger partial charge in [-0.25, -0.2) is 0 Å². The third-order valence-corrected chi connectivity index (χ3v) is 4.53. The topological polar surface area (TPSA) is 67.4 Å². The third kappa shape index (κ3) is 2.68. The van der Waals surface area contributed by atoms with Gasteiger partial charge in [-0.15, -0.1) is 5.10 Å². The summed E-state index contributed by atoms with van der Waals surface area (Å²) in [6.07, 6.45) is 0.974. The van der Waals surface area contributed by atoms with Crippen molar-refractivity contribution in [3.63, 3.8) is 0 Å². The van der Waals surface area contributed by atoms with E-state index in [9.17, 15) is 4.79 Å². The lowest BCUT2D eigenvalue weighted by Crippen LogP contribution is -2.44. The number of hydrogen-bond donors (Lipinski definition) is 1. The minimum absolute atomic E-state index is 0.0543. The first-order chi connectivity index (χ1) is 11.7. The zero-order valence-electron chi connectivity index (χ0n) is 13.7. The molecular formula is C18H20N4O2. The Bertz CT molecular complexity index is 752. The molecule has 0 radical (unpaired) electrons. The van der Waals surface area contributed by atoms with Gasteiger partial charge >= 0.3 is 0 Å². The van der Waals surface area contributed by atoms with Gasteiger partial charge in [-0.05, 0) is 30.2 Å². The average molecular weight is 324 g/mol. The molecule has 0 saturated heterocycles. The standard InChI is InChI=1S/C18H20N4O2/c1-2-19-17-10-13-11-22(8-7-14(13)20-21-17)18(23)16-9-12-5-3-4-6-15(12)24-16/h3-6,10,16H,2,7-9,11H2,1H3,(H,19,21). The number of ether oxygens (including phenoxy) is 1. The molecule has 3 heterocycles. The zero-order valence-corrected chi connectivity index (χ0v) is 13.7. The van der Waals surface area contributed by atoms with Gasteiger partial charge in [0.2, 0.25) is 0 Å². The highest BCUT2D eigenvalue weighted by Gasteiger charge is 2.33. The summed E-state index contributed by atoms with van der Waals surface area (Å²) in [4.78, 5) is 14.7. The lowest BCUT2D eigenvalue weighted by atomic mass is 10.0. The van der Waals surface area contributed by atoms with Gasteiger partial charge in [0.1, 0.15) is 11.6 Å². The maximum Gasteiger partial charge on any atom is 0.264 e. The van der Waals surface area contributed by atoms with Crippen LogP contribution in [0.4, 0.5) is 5.82 Å². The molecule has 1 aromatic heterocycles. The molecule has 0 aliphatic carbocycles. The summed E-state index contributed by atoms with van der Waals surface area (Å²) < 4.78 is 5.84. The number of aromatic nitrogens is 2. The van der Waals surface area contributed by atoms with Crippen LogP contribution in [0.5, 0.6) is 5.75 Å². The van der Waals surface area contributed by atoms with Crippen LogP contribution in [0.15, 0.2) is 30.3 Å². The second-order valence-electron chi connectivity index (χ2n) is 6.16. The molecule has 4 rings (SSSR count). The highest BCUT2D eigenvalue weighted by molar-refractivity contribution is 5.83. The highest BCUT2D eigenvalue weighted by Crippen LogP contribution is 2.30. The quantitative estimate of drug-likeness (QED) is 0.932. The predicted octanol–water partition coefficient (Wildman–Crippen LogP) is 1.80. The molecule has 1 aromatic carbocycles. The molecule has 1 atom stereocenters. The second kappa shape index (κ2) is 6.11. The Balaban J connectivity index is 1.48. The van der Waals surface area contributed by atoms with E-state index in [2.05, 4.69) is 15.5 Å². The zero-order chi connectivity index (χ0) is 16.5. The molecule has 1 N–H and O–H groups in total. The number of fused-ring (bicyclic) bond motifs is 2. The van der Waals surface area contributed by atoms with Crippen LogP contribution in [0.3, 0.4) is 0 Å². The maximum absolute atomic E-state index is 12.8. The number of hydrogen-bond acceptors (Lipinski definition) is 5. The number of para-hydroxylation sites is 1. The molecule has 6 heteroatoms.